The maximum Gasteiger partial charge on any atom is 0.416 e. The molecule has 0 atom stereocenters. The van der Waals surface area contributed by atoms with E-state index in [9.17, 15) is 26.0 Å². The van der Waals surface area contributed by atoms with Crippen LogP contribution in [0.1, 0.15) is 11.1 Å². The Balaban J connectivity index is 2.01. The van der Waals surface area contributed by atoms with Crippen LogP contribution in [0, 0.1) is 17.1 Å². The molecule has 3 rings (SSSR count). The highest BCUT2D eigenvalue weighted by molar-refractivity contribution is 7.93. The first-order valence-electron chi connectivity index (χ1n) is 7.02. The number of rotatable bonds is 3. The van der Waals surface area contributed by atoms with Crippen molar-refractivity contribution >= 4 is 26.6 Å². The molecule has 0 aliphatic rings. The van der Waals surface area contributed by atoms with Crippen molar-refractivity contribution in [2.75, 3.05) is 4.72 Å². The van der Waals surface area contributed by atoms with Gasteiger partial charge in [0.1, 0.15) is 16.8 Å². The van der Waals surface area contributed by atoms with Crippen LogP contribution in [0.15, 0.2) is 47.5 Å². The molecular weight excluding hydrogens is 374 g/mol. The molecule has 0 fully saturated rings. The van der Waals surface area contributed by atoms with E-state index in [0.29, 0.717) is 0 Å². The van der Waals surface area contributed by atoms with Gasteiger partial charge in [0.15, 0.2) is 0 Å². The van der Waals surface area contributed by atoms with Crippen molar-refractivity contribution in [2.45, 2.75) is 11.1 Å². The lowest BCUT2D eigenvalue weighted by Crippen LogP contribution is -2.13. The van der Waals surface area contributed by atoms with E-state index < -0.39 is 27.6 Å². The summed E-state index contributed by atoms with van der Waals surface area (Å²) in [6.45, 7) is 0. The number of hydrogen-bond donors (Lipinski definition) is 2. The maximum atomic E-state index is 13.3. The highest BCUT2D eigenvalue weighted by Crippen LogP contribution is 2.33. The molecule has 0 spiro atoms. The monoisotopic (exact) mass is 383 g/mol. The Labute approximate surface area is 144 Å². The van der Waals surface area contributed by atoms with Crippen LogP contribution in [-0.2, 0) is 16.2 Å². The molecule has 0 aliphatic carbocycles. The number of anilines is 1. The normalized spacial score (nSPS) is 12.1. The van der Waals surface area contributed by atoms with Gasteiger partial charge in [-0.2, -0.15) is 18.4 Å². The van der Waals surface area contributed by atoms with Crippen LogP contribution in [0.3, 0.4) is 0 Å². The number of hydrogen-bond acceptors (Lipinski definition) is 3. The van der Waals surface area contributed by atoms with Crippen molar-refractivity contribution in [3.8, 4) is 6.07 Å². The minimum Gasteiger partial charge on any atom is -0.360 e. The molecule has 134 valence electrons. The largest absolute Gasteiger partial charge is 0.416 e. The minimum absolute atomic E-state index is 0.00276. The maximum absolute atomic E-state index is 13.3. The molecule has 0 radical (unpaired) electrons. The molecule has 0 amide bonds. The summed E-state index contributed by atoms with van der Waals surface area (Å²) < 4.78 is 78.8. The van der Waals surface area contributed by atoms with Gasteiger partial charge in [0.2, 0.25) is 0 Å². The number of fused-ring (bicyclic) bond motifs is 1. The van der Waals surface area contributed by atoms with Gasteiger partial charge in [-0.05, 0) is 30.3 Å². The summed E-state index contributed by atoms with van der Waals surface area (Å²) in [5.74, 6) is -0.803. The predicted octanol–water partition coefficient (Wildman–Crippen LogP) is 4.00. The van der Waals surface area contributed by atoms with Crippen molar-refractivity contribution in [1.82, 2.24) is 4.98 Å². The summed E-state index contributed by atoms with van der Waals surface area (Å²) >= 11 is 0. The van der Waals surface area contributed by atoms with Crippen LogP contribution in [0.2, 0.25) is 0 Å². The fourth-order valence-corrected chi connectivity index (χ4v) is 3.61. The number of nitriles is 1. The lowest BCUT2D eigenvalue weighted by molar-refractivity contribution is -0.137. The molecule has 0 saturated heterocycles. The topological polar surface area (TPSA) is 85.8 Å². The second-order valence-corrected chi connectivity index (χ2v) is 6.97. The number of aromatic nitrogens is 1. The Morgan fingerprint density at radius 1 is 1.12 bits per heavy atom. The summed E-state index contributed by atoms with van der Waals surface area (Å²) in [7, 11) is -4.18. The van der Waals surface area contributed by atoms with Gasteiger partial charge in [0.25, 0.3) is 10.0 Å². The summed E-state index contributed by atoms with van der Waals surface area (Å²) in [6, 6.07) is 7.30. The number of halogens is 4. The van der Waals surface area contributed by atoms with Gasteiger partial charge in [-0.1, -0.05) is 6.07 Å². The van der Waals surface area contributed by atoms with Gasteiger partial charge in [0.05, 0.1) is 16.8 Å². The highest BCUT2D eigenvalue weighted by atomic mass is 32.2. The molecule has 5 nitrogen and oxygen atoms in total. The average Bonchev–Trinajstić information content (AvgIpc) is 2.99. The third-order valence-corrected chi connectivity index (χ3v) is 5.02. The van der Waals surface area contributed by atoms with Crippen LogP contribution >= 0.6 is 0 Å². The van der Waals surface area contributed by atoms with Gasteiger partial charge in [0, 0.05) is 17.1 Å². The number of nitrogens with one attached hydrogen (secondary N) is 2. The molecule has 0 saturated carbocycles. The number of aromatic amines is 1. The van der Waals surface area contributed by atoms with Crippen molar-refractivity contribution in [3.05, 3.63) is 59.5 Å². The molecule has 0 bridgehead atoms. The summed E-state index contributed by atoms with van der Waals surface area (Å²) in [6.07, 6.45) is -3.50. The Kier molecular flexibility index (Phi) is 4.12. The smallest absolute Gasteiger partial charge is 0.360 e. The molecule has 2 aromatic carbocycles. The third-order valence-electron chi connectivity index (χ3n) is 3.60. The molecule has 3 aromatic rings. The summed E-state index contributed by atoms with van der Waals surface area (Å²) in [4.78, 5) is 2.22. The van der Waals surface area contributed by atoms with Crippen molar-refractivity contribution in [3.63, 3.8) is 0 Å². The van der Waals surface area contributed by atoms with E-state index in [1.165, 1.54) is 0 Å². The average molecular weight is 383 g/mol. The first-order chi connectivity index (χ1) is 12.1. The number of benzene rings is 2. The molecule has 26 heavy (non-hydrogen) atoms. The van der Waals surface area contributed by atoms with E-state index >= 15 is 0 Å². The van der Waals surface area contributed by atoms with Gasteiger partial charge in [-0.25, -0.2) is 12.8 Å². The van der Waals surface area contributed by atoms with Crippen LogP contribution in [-0.4, -0.2) is 13.4 Å². The zero-order valence-corrected chi connectivity index (χ0v) is 13.5. The number of sulfonamides is 1. The van der Waals surface area contributed by atoms with Gasteiger partial charge in [-0.15, -0.1) is 0 Å². The zero-order valence-electron chi connectivity index (χ0n) is 12.7. The lowest BCUT2D eigenvalue weighted by Gasteiger charge is -2.09. The van der Waals surface area contributed by atoms with E-state index in [4.69, 9.17) is 5.26 Å². The molecule has 10 heteroatoms. The van der Waals surface area contributed by atoms with Gasteiger partial charge in [-0.3, -0.25) is 4.72 Å². The van der Waals surface area contributed by atoms with Gasteiger partial charge < -0.3 is 4.98 Å². The molecule has 1 aromatic heterocycles. The standard InChI is InChI=1S/C16H9F4N3O2S/c17-13-4-2-11(5-9(13)7-21)23-26(24,25)15-8-22-14-6-10(16(18,19)20)1-3-12(14)15/h1-6,8,22-23H. The predicted molar refractivity (Wildman–Crippen MR) is 85.2 cm³/mol. The zero-order chi connectivity index (χ0) is 19.1. The van der Waals surface area contributed by atoms with E-state index in [-0.39, 0.29) is 27.0 Å². The lowest BCUT2D eigenvalue weighted by atomic mass is 10.1. The summed E-state index contributed by atoms with van der Waals surface area (Å²) in [5, 5.41) is 8.86. The SMILES string of the molecule is N#Cc1cc(NS(=O)(=O)c2c[nH]c3cc(C(F)(F)F)ccc23)ccc1F. The van der Waals surface area contributed by atoms with E-state index in [0.717, 1.165) is 42.6 Å². The van der Waals surface area contributed by atoms with Crippen molar-refractivity contribution in [1.29, 1.82) is 5.26 Å². The molecule has 2 N–H and O–H groups in total. The number of nitrogens with zero attached hydrogens (tertiary/aromatic N) is 1. The molecule has 1 heterocycles. The third kappa shape index (κ3) is 3.21. The van der Waals surface area contributed by atoms with E-state index in [1.54, 1.807) is 6.07 Å². The van der Waals surface area contributed by atoms with Crippen LogP contribution in [0.25, 0.3) is 10.9 Å². The van der Waals surface area contributed by atoms with Crippen LogP contribution in [0.4, 0.5) is 23.2 Å². The van der Waals surface area contributed by atoms with E-state index in [1.807, 2.05) is 0 Å². The first kappa shape index (κ1) is 17.8. The Bertz CT molecular complexity index is 1140. The second-order valence-electron chi connectivity index (χ2n) is 5.32. The fourth-order valence-electron chi connectivity index (χ4n) is 2.38. The fraction of sp³-hybridized carbons (Fsp3) is 0.0625. The van der Waals surface area contributed by atoms with Gasteiger partial charge >= 0.3 is 6.18 Å². The van der Waals surface area contributed by atoms with Crippen molar-refractivity contribution < 1.29 is 26.0 Å². The molecule has 0 aliphatic heterocycles. The Morgan fingerprint density at radius 3 is 2.50 bits per heavy atom. The quantitative estimate of drug-likeness (QED) is 0.671. The first-order valence-corrected chi connectivity index (χ1v) is 8.51. The van der Waals surface area contributed by atoms with Crippen molar-refractivity contribution in [2.24, 2.45) is 0 Å². The Morgan fingerprint density at radius 2 is 1.85 bits per heavy atom. The Hall–Kier alpha value is -3.06. The molecular formula is C16H9F4N3O2S. The minimum atomic E-state index is -4.56. The second kappa shape index (κ2) is 6.03. The highest BCUT2D eigenvalue weighted by Gasteiger charge is 2.31. The van der Waals surface area contributed by atoms with Crippen LogP contribution in [0.5, 0.6) is 0 Å². The molecule has 0 unspecified atom stereocenters. The summed E-state index contributed by atoms with van der Waals surface area (Å²) in [5.41, 5.74) is -1.32. The van der Waals surface area contributed by atoms with Crippen LogP contribution < -0.4 is 4.72 Å². The number of H-pyrrole nitrogens is 1. The van der Waals surface area contributed by atoms with E-state index in [2.05, 4.69) is 9.71 Å². The number of alkyl halides is 3.